The first-order chi connectivity index (χ1) is 10.8. The SMILES string of the molecule is NC(=O)c1ccc[n+](CC2(C(=O)O)CS[C@@H]3C(N)C(=O)N3C2)c1. The molecule has 3 rings (SSSR count). The lowest BCUT2D eigenvalue weighted by atomic mass is 9.87. The van der Waals surface area contributed by atoms with E-state index < -0.39 is 23.3 Å². The molecule has 2 amide bonds. The zero-order valence-corrected chi connectivity index (χ0v) is 13.0. The molecule has 2 aliphatic heterocycles. The summed E-state index contributed by atoms with van der Waals surface area (Å²) >= 11 is 1.38. The van der Waals surface area contributed by atoms with Crippen molar-refractivity contribution in [1.82, 2.24) is 4.90 Å². The van der Waals surface area contributed by atoms with E-state index in [-0.39, 0.29) is 24.4 Å². The van der Waals surface area contributed by atoms with E-state index in [1.807, 2.05) is 0 Å². The number of rotatable bonds is 4. The summed E-state index contributed by atoms with van der Waals surface area (Å²) in [6.07, 6.45) is 3.20. The third kappa shape index (κ3) is 2.55. The molecule has 2 fully saturated rings. The number of aliphatic carboxylic acids is 1. The first-order valence-corrected chi connectivity index (χ1v) is 8.09. The number of hydrogen-bond acceptors (Lipinski definition) is 5. The van der Waals surface area contributed by atoms with E-state index >= 15 is 0 Å². The monoisotopic (exact) mass is 337 g/mol. The fraction of sp³-hybridized carbons (Fsp3) is 0.429. The number of nitrogens with two attached hydrogens (primary N) is 2. The highest BCUT2D eigenvalue weighted by molar-refractivity contribution is 8.00. The summed E-state index contributed by atoms with van der Waals surface area (Å²) in [5.74, 6) is -1.43. The second-order valence-electron chi connectivity index (χ2n) is 5.91. The topological polar surface area (TPSA) is 131 Å². The van der Waals surface area contributed by atoms with Crippen LogP contribution in [-0.2, 0) is 16.1 Å². The molecule has 3 heterocycles. The number of carbonyl (C=O) groups excluding carboxylic acids is 2. The highest BCUT2D eigenvalue weighted by atomic mass is 32.2. The quantitative estimate of drug-likeness (QED) is 0.447. The van der Waals surface area contributed by atoms with Crippen LogP contribution in [0.2, 0.25) is 0 Å². The molecule has 2 saturated heterocycles. The minimum atomic E-state index is -1.13. The highest BCUT2D eigenvalue weighted by Gasteiger charge is 2.57. The van der Waals surface area contributed by atoms with Crippen LogP contribution in [-0.4, -0.2) is 51.5 Å². The number of hydrogen-bond donors (Lipinski definition) is 3. The number of aromatic nitrogens is 1. The number of fused-ring (bicyclic) bond motifs is 1. The molecule has 3 atom stereocenters. The molecule has 2 aliphatic rings. The standard InChI is InChI=1S/C14H16N4O4S/c15-9-11(20)18-6-14(13(21)22,7-23-12(9)18)5-17-3-1-2-8(4-17)10(16)19/h1-4,9,12H,5-7,15H2,(H2-,16,19,21,22)/p+1/t9?,12-,14?/m1/s1. The van der Waals surface area contributed by atoms with Gasteiger partial charge in [0.25, 0.3) is 5.91 Å². The van der Waals surface area contributed by atoms with Crippen molar-refractivity contribution in [3.05, 3.63) is 30.1 Å². The first kappa shape index (κ1) is 15.8. The van der Waals surface area contributed by atoms with Crippen molar-refractivity contribution in [1.29, 1.82) is 0 Å². The maximum atomic E-state index is 11.9. The largest absolute Gasteiger partial charge is 0.481 e. The van der Waals surface area contributed by atoms with Gasteiger partial charge in [0.2, 0.25) is 5.91 Å². The van der Waals surface area contributed by atoms with Gasteiger partial charge in [-0.05, 0) is 6.07 Å². The van der Waals surface area contributed by atoms with Crippen molar-refractivity contribution >= 4 is 29.5 Å². The number of carboxylic acids is 1. The zero-order valence-electron chi connectivity index (χ0n) is 12.2. The molecule has 9 heteroatoms. The minimum absolute atomic E-state index is 0.111. The van der Waals surface area contributed by atoms with Crippen molar-refractivity contribution < 1.29 is 24.1 Å². The van der Waals surface area contributed by atoms with Crippen LogP contribution in [0, 0.1) is 5.41 Å². The predicted octanol–water partition coefficient (Wildman–Crippen LogP) is -1.61. The van der Waals surface area contributed by atoms with Gasteiger partial charge in [-0.15, -0.1) is 11.8 Å². The molecule has 0 aromatic carbocycles. The van der Waals surface area contributed by atoms with Crippen molar-refractivity contribution in [2.45, 2.75) is 18.0 Å². The summed E-state index contributed by atoms with van der Waals surface area (Å²) in [4.78, 5) is 36.5. The van der Waals surface area contributed by atoms with Crippen LogP contribution in [0.5, 0.6) is 0 Å². The van der Waals surface area contributed by atoms with Gasteiger partial charge >= 0.3 is 5.97 Å². The van der Waals surface area contributed by atoms with Crippen LogP contribution in [0.1, 0.15) is 10.4 Å². The van der Waals surface area contributed by atoms with Crippen molar-refractivity contribution in [2.24, 2.45) is 16.9 Å². The number of amides is 2. The van der Waals surface area contributed by atoms with Gasteiger partial charge in [0.1, 0.15) is 17.0 Å². The van der Waals surface area contributed by atoms with Gasteiger partial charge in [-0.3, -0.25) is 14.4 Å². The number of carboxylic acid groups (broad SMARTS) is 1. The van der Waals surface area contributed by atoms with Crippen LogP contribution in [0.25, 0.3) is 0 Å². The number of pyridine rings is 1. The molecule has 23 heavy (non-hydrogen) atoms. The Hall–Kier alpha value is -2.13. The van der Waals surface area contributed by atoms with Crippen molar-refractivity contribution in [3.63, 3.8) is 0 Å². The Morgan fingerprint density at radius 2 is 2.26 bits per heavy atom. The van der Waals surface area contributed by atoms with E-state index in [1.165, 1.54) is 22.9 Å². The molecule has 2 unspecified atom stereocenters. The van der Waals surface area contributed by atoms with Crippen LogP contribution < -0.4 is 16.0 Å². The lowest BCUT2D eigenvalue weighted by Crippen LogP contribution is -2.73. The van der Waals surface area contributed by atoms with E-state index in [4.69, 9.17) is 11.5 Å². The van der Waals surface area contributed by atoms with Gasteiger partial charge in [0.15, 0.2) is 24.4 Å². The van der Waals surface area contributed by atoms with Crippen LogP contribution in [0.15, 0.2) is 24.5 Å². The molecular weight excluding hydrogens is 320 g/mol. The smallest absolute Gasteiger partial charge is 0.318 e. The van der Waals surface area contributed by atoms with Crippen molar-refractivity contribution in [2.75, 3.05) is 12.3 Å². The Morgan fingerprint density at radius 1 is 1.52 bits per heavy atom. The first-order valence-electron chi connectivity index (χ1n) is 7.04. The lowest BCUT2D eigenvalue weighted by Gasteiger charge is -2.51. The summed E-state index contributed by atoms with van der Waals surface area (Å²) in [5.41, 5.74) is 10.2. The number of primary amides is 1. The molecule has 0 radical (unpaired) electrons. The normalized spacial score (nSPS) is 29.6. The summed E-state index contributed by atoms with van der Waals surface area (Å²) in [5, 5.41) is 9.58. The number of nitrogens with zero attached hydrogens (tertiary/aromatic N) is 2. The molecule has 0 saturated carbocycles. The Morgan fingerprint density at radius 3 is 2.91 bits per heavy atom. The molecule has 1 aromatic rings. The molecule has 0 spiro atoms. The molecule has 1 aromatic heterocycles. The fourth-order valence-electron chi connectivity index (χ4n) is 2.94. The second kappa shape index (κ2) is 5.50. The van der Waals surface area contributed by atoms with Gasteiger partial charge < -0.3 is 21.5 Å². The van der Waals surface area contributed by atoms with E-state index in [0.29, 0.717) is 11.3 Å². The third-order valence-corrected chi connectivity index (χ3v) is 5.88. The summed E-state index contributed by atoms with van der Waals surface area (Å²) in [6, 6.07) is 2.66. The fourth-order valence-corrected chi connectivity index (χ4v) is 4.41. The van der Waals surface area contributed by atoms with Gasteiger partial charge in [-0.2, -0.15) is 0 Å². The van der Waals surface area contributed by atoms with Gasteiger partial charge in [0, 0.05) is 18.4 Å². The summed E-state index contributed by atoms with van der Waals surface area (Å²) < 4.78 is 1.62. The van der Waals surface area contributed by atoms with Crippen molar-refractivity contribution in [3.8, 4) is 0 Å². The van der Waals surface area contributed by atoms with E-state index in [9.17, 15) is 19.5 Å². The van der Waals surface area contributed by atoms with E-state index in [0.717, 1.165) is 0 Å². The second-order valence-corrected chi connectivity index (χ2v) is 7.01. The van der Waals surface area contributed by atoms with Gasteiger partial charge in [0.05, 0.1) is 0 Å². The molecule has 5 N–H and O–H groups in total. The van der Waals surface area contributed by atoms with Gasteiger partial charge in [-0.25, -0.2) is 4.57 Å². The zero-order chi connectivity index (χ0) is 16.8. The number of carbonyl (C=O) groups is 3. The Balaban J connectivity index is 1.85. The highest BCUT2D eigenvalue weighted by Crippen LogP contribution is 2.41. The lowest BCUT2D eigenvalue weighted by molar-refractivity contribution is -0.706. The molecule has 8 nitrogen and oxygen atoms in total. The van der Waals surface area contributed by atoms with Crippen LogP contribution in [0.3, 0.4) is 0 Å². The molecule has 122 valence electrons. The molecule has 0 bridgehead atoms. The Kier molecular flexibility index (Phi) is 3.77. The minimum Gasteiger partial charge on any atom is -0.481 e. The molecular formula is C14H17N4O4S+. The van der Waals surface area contributed by atoms with Crippen LogP contribution >= 0.6 is 11.8 Å². The maximum absolute atomic E-state index is 11.9. The maximum Gasteiger partial charge on any atom is 0.318 e. The predicted molar refractivity (Wildman–Crippen MR) is 81.2 cm³/mol. The average Bonchev–Trinajstić information content (AvgIpc) is 2.54. The number of β-lactam (4-membered cyclic amide) rings is 1. The van der Waals surface area contributed by atoms with E-state index in [2.05, 4.69) is 0 Å². The third-order valence-electron chi connectivity index (χ3n) is 4.27. The summed E-state index contributed by atoms with van der Waals surface area (Å²) in [7, 11) is 0. The average molecular weight is 337 g/mol. The summed E-state index contributed by atoms with van der Waals surface area (Å²) in [6.45, 7) is 0.253. The Bertz CT molecular complexity index is 697. The van der Waals surface area contributed by atoms with Gasteiger partial charge in [-0.1, -0.05) is 0 Å². The van der Waals surface area contributed by atoms with E-state index in [1.54, 1.807) is 22.9 Å². The Labute approximate surface area is 136 Å². The molecule has 0 aliphatic carbocycles. The number of thioether (sulfide) groups is 1. The van der Waals surface area contributed by atoms with Crippen LogP contribution in [0.4, 0.5) is 0 Å².